The quantitative estimate of drug-likeness (QED) is 0.735. The molecule has 0 amide bonds. The van der Waals surface area contributed by atoms with Crippen molar-refractivity contribution in [3.8, 4) is 0 Å². The Bertz CT molecular complexity index is 510. The van der Waals surface area contributed by atoms with Crippen molar-refractivity contribution in [2.75, 3.05) is 17.2 Å². The molecule has 0 aromatic carbocycles. The molecule has 0 unspecified atom stereocenters. The molecule has 2 aromatic heterocycles. The summed E-state index contributed by atoms with van der Waals surface area (Å²) in [4.78, 5) is 8.34. The molecule has 0 spiro atoms. The fourth-order valence-electron chi connectivity index (χ4n) is 1.51. The Balaban J connectivity index is 1.99. The van der Waals surface area contributed by atoms with Gasteiger partial charge in [0.2, 0.25) is 0 Å². The van der Waals surface area contributed by atoms with Crippen LogP contribution in [-0.4, -0.2) is 22.1 Å². The van der Waals surface area contributed by atoms with E-state index in [4.69, 9.17) is 10.2 Å². The predicted molar refractivity (Wildman–Crippen MR) is 74.8 cm³/mol. The molecule has 0 aliphatic heterocycles. The zero-order valence-electron chi connectivity index (χ0n) is 11.2. The molecule has 0 fully saturated rings. The van der Waals surface area contributed by atoms with Crippen molar-refractivity contribution in [1.82, 2.24) is 9.97 Å². The Morgan fingerprint density at radius 3 is 2.79 bits per heavy atom. The summed E-state index contributed by atoms with van der Waals surface area (Å²) < 4.78 is 5.25. The third-order valence-electron chi connectivity index (χ3n) is 2.67. The van der Waals surface area contributed by atoms with Gasteiger partial charge in [-0.1, -0.05) is 0 Å². The number of hydrogen-bond donors (Lipinski definition) is 3. The van der Waals surface area contributed by atoms with Crippen molar-refractivity contribution in [2.45, 2.75) is 25.9 Å². The first-order chi connectivity index (χ1) is 9.09. The maximum Gasteiger partial charge on any atom is 0.131 e. The van der Waals surface area contributed by atoms with Crippen molar-refractivity contribution >= 4 is 11.6 Å². The van der Waals surface area contributed by atoms with E-state index in [9.17, 15) is 0 Å². The SMILES string of the molecule is CC(C)(CN)Nc1cc(NCc2ccco2)ncn1. The maximum atomic E-state index is 5.68. The Kier molecular flexibility index (Phi) is 4.01. The summed E-state index contributed by atoms with van der Waals surface area (Å²) in [7, 11) is 0. The summed E-state index contributed by atoms with van der Waals surface area (Å²) >= 11 is 0. The van der Waals surface area contributed by atoms with Gasteiger partial charge in [-0.05, 0) is 26.0 Å². The van der Waals surface area contributed by atoms with Gasteiger partial charge in [0.1, 0.15) is 23.7 Å². The fraction of sp³-hybridized carbons (Fsp3) is 0.385. The van der Waals surface area contributed by atoms with Crippen LogP contribution in [0.1, 0.15) is 19.6 Å². The second kappa shape index (κ2) is 5.71. The third-order valence-corrected chi connectivity index (χ3v) is 2.67. The molecule has 0 saturated heterocycles. The molecule has 0 aliphatic rings. The van der Waals surface area contributed by atoms with Crippen LogP contribution in [0.25, 0.3) is 0 Å². The number of nitrogens with one attached hydrogen (secondary N) is 2. The average Bonchev–Trinajstić information content (AvgIpc) is 2.89. The average molecular weight is 261 g/mol. The van der Waals surface area contributed by atoms with Crippen LogP contribution in [0, 0.1) is 0 Å². The van der Waals surface area contributed by atoms with Crippen LogP contribution < -0.4 is 16.4 Å². The predicted octanol–water partition coefficient (Wildman–Crippen LogP) is 1.83. The van der Waals surface area contributed by atoms with Crippen LogP contribution in [0.5, 0.6) is 0 Å². The van der Waals surface area contributed by atoms with Crippen molar-refractivity contribution in [3.05, 3.63) is 36.5 Å². The molecule has 2 rings (SSSR count). The van der Waals surface area contributed by atoms with Gasteiger partial charge >= 0.3 is 0 Å². The lowest BCUT2D eigenvalue weighted by Crippen LogP contribution is -2.39. The molecular weight excluding hydrogens is 242 g/mol. The normalized spacial score (nSPS) is 11.3. The fourth-order valence-corrected chi connectivity index (χ4v) is 1.51. The van der Waals surface area contributed by atoms with E-state index < -0.39 is 0 Å². The van der Waals surface area contributed by atoms with Gasteiger partial charge in [0.15, 0.2) is 0 Å². The highest BCUT2D eigenvalue weighted by Gasteiger charge is 2.15. The topological polar surface area (TPSA) is 89.0 Å². The van der Waals surface area contributed by atoms with Crippen LogP contribution in [-0.2, 0) is 6.54 Å². The van der Waals surface area contributed by atoms with Gasteiger partial charge in [0.05, 0.1) is 12.8 Å². The first-order valence-corrected chi connectivity index (χ1v) is 6.16. The molecule has 0 bridgehead atoms. The number of rotatable bonds is 6. The first-order valence-electron chi connectivity index (χ1n) is 6.16. The van der Waals surface area contributed by atoms with Crippen LogP contribution >= 0.6 is 0 Å². The monoisotopic (exact) mass is 261 g/mol. The van der Waals surface area contributed by atoms with E-state index in [1.807, 2.05) is 32.0 Å². The van der Waals surface area contributed by atoms with Gasteiger partial charge < -0.3 is 20.8 Å². The van der Waals surface area contributed by atoms with E-state index in [2.05, 4.69) is 20.6 Å². The largest absolute Gasteiger partial charge is 0.467 e. The Labute approximate surface area is 112 Å². The van der Waals surface area contributed by atoms with Gasteiger partial charge in [-0.3, -0.25) is 0 Å². The molecule has 0 atom stereocenters. The summed E-state index contributed by atoms with van der Waals surface area (Å²) in [6.07, 6.45) is 3.16. The maximum absolute atomic E-state index is 5.68. The van der Waals surface area contributed by atoms with E-state index >= 15 is 0 Å². The van der Waals surface area contributed by atoms with E-state index in [1.54, 1.807) is 6.26 Å². The summed E-state index contributed by atoms with van der Waals surface area (Å²) in [6.45, 7) is 5.14. The molecule has 2 heterocycles. The van der Waals surface area contributed by atoms with Crippen molar-refractivity contribution in [2.24, 2.45) is 5.73 Å². The Morgan fingerprint density at radius 1 is 1.32 bits per heavy atom. The van der Waals surface area contributed by atoms with E-state index in [1.165, 1.54) is 6.33 Å². The number of hydrogen-bond acceptors (Lipinski definition) is 6. The van der Waals surface area contributed by atoms with E-state index in [0.717, 1.165) is 17.4 Å². The van der Waals surface area contributed by atoms with Crippen LogP contribution in [0.2, 0.25) is 0 Å². The Morgan fingerprint density at radius 2 is 2.11 bits per heavy atom. The minimum absolute atomic E-state index is 0.202. The van der Waals surface area contributed by atoms with Crippen molar-refractivity contribution in [3.63, 3.8) is 0 Å². The Hall–Kier alpha value is -2.08. The zero-order valence-corrected chi connectivity index (χ0v) is 11.2. The summed E-state index contributed by atoms with van der Waals surface area (Å²) in [6, 6.07) is 5.61. The second-order valence-electron chi connectivity index (χ2n) is 4.93. The number of nitrogens with zero attached hydrogens (tertiary/aromatic N) is 2. The number of nitrogens with two attached hydrogens (primary N) is 1. The van der Waals surface area contributed by atoms with Gasteiger partial charge in [-0.2, -0.15) is 0 Å². The molecule has 0 radical (unpaired) electrons. The molecule has 0 aliphatic carbocycles. The highest BCUT2D eigenvalue weighted by Crippen LogP contribution is 2.14. The molecular formula is C13H19N5O. The van der Waals surface area contributed by atoms with Crippen molar-refractivity contribution in [1.29, 1.82) is 0 Å². The standard InChI is InChI=1S/C13H19N5O/c1-13(2,8-14)18-12-6-11(16-9-17-12)15-7-10-4-3-5-19-10/h3-6,9H,7-8,14H2,1-2H3,(H2,15,16,17,18). The highest BCUT2D eigenvalue weighted by atomic mass is 16.3. The van der Waals surface area contributed by atoms with Gasteiger partial charge in [-0.25, -0.2) is 9.97 Å². The second-order valence-corrected chi connectivity index (χ2v) is 4.93. The molecule has 6 heteroatoms. The van der Waals surface area contributed by atoms with E-state index in [0.29, 0.717) is 13.1 Å². The minimum Gasteiger partial charge on any atom is -0.467 e. The number of furan rings is 1. The van der Waals surface area contributed by atoms with Gasteiger partial charge in [-0.15, -0.1) is 0 Å². The molecule has 19 heavy (non-hydrogen) atoms. The molecule has 6 nitrogen and oxygen atoms in total. The van der Waals surface area contributed by atoms with Crippen molar-refractivity contribution < 1.29 is 4.42 Å². The minimum atomic E-state index is -0.202. The smallest absolute Gasteiger partial charge is 0.131 e. The summed E-state index contributed by atoms with van der Waals surface area (Å²) in [5, 5.41) is 6.44. The van der Waals surface area contributed by atoms with Gasteiger partial charge in [0.25, 0.3) is 0 Å². The lowest BCUT2D eigenvalue weighted by molar-refractivity contribution is 0.518. The zero-order chi connectivity index (χ0) is 13.7. The molecule has 2 aromatic rings. The summed E-state index contributed by atoms with van der Waals surface area (Å²) in [5.41, 5.74) is 5.48. The molecule has 4 N–H and O–H groups in total. The number of anilines is 2. The molecule has 102 valence electrons. The van der Waals surface area contributed by atoms with Crippen LogP contribution in [0.4, 0.5) is 11.6 Å². The van der Waals surface area contributed by atoms with Crippen LogP contribution in [0.15, 0.2) is 35.2 Å². The lowest BCUT2D eigenvalue weighted by atomic mass is 10.1. The lowest BCUT2D eigenvalue weighted by Gasteiger charge is -2.24. The third kappa shape index (κ3) is 3.96. The number of aromatic nitrogens is 2. The first kappa shape index (κ1) is 13.4. The summed E-state index contributed by atoms with van der Waals surface area (Å²) in [5.74, 6) is 2.34. The molecule has 0 saturated carbocycles. The highest BCUT2D eigenvalue weighted by molar-refractivity contribution is 5.47. The van der Waals surface area contributed by atoms with Crippen LogP contribution in [0.3, 0.4) is 0 Å². The van der Waals surface area contributed by atoms with Gasteiger partial charge in [0, 0.05) is 18.2 Å². The van der Waals surface area contributed by atoms with E-state index in [-0.39, 0.29) is 5.54 Å².